The van der Waals surface area contributed by atoms with Crippen molar-refractivity contribution in [1.29, 1.82) is 0 Å². The van der Waals surface area contributed by atoms with Crippen LogP contribution in [-0.2, 0) is 0 Å². The van der Waals surface area contributed by atoms with Crippen LogP contribution in [0.25, 0.3) is 0 Å². The van der Waals surface area contributed by atoms with Crippen LogP contribution in [-0.4, -0.2) is 35.0 Å². The molecular weight excluding hydrogens is 126 g/mol. The molecule has 0 spiro atoms. The van der Waals surface area contributed by atoms with Gasteiger partial charge in [0.2, 0.25) is 0 Å². The molecule has 1 aromatic heterocycles. The molecule has 2 rings (SSSR count). The molecule has 1 aliphatic rings. The maximum Gasteiger partial charge on any atom is 0.0921 e. The molecule has 1 fully saturated rings. The Hall–Kier alpha value is -0.830. The fourth-order valence-corrected chi connectivity index (χ4v) is 1.39. The molecule has 1 saturated heterocycles. The summed E-state index contributed by atoms with van der Waals surface area (Å²) in [5.74, 6) is 0.701. The maximum absolute atomic E-state index is 3.98. The minimum atomic E-state index is 0.701. The highest BCUT2D eigenvalue weighted by Gasteiger charge is 2.25. The average Bonchev–Trinajstić information content (AvgIpc) is 2.31. The van der Waals surface area contributed by atoms with Gasteiger partial charge >= 0.3 is 0 Å². The molecule has 1 N–H and O–H groups in total. The fraction of sp³-hybridized carbons (Fsp3) is 0.571. The lowest BCUT2D eigenvalue weighted by Gasteiger charge is -2.35. The van der Waals surface area contributed by atoms with E-state index in [1.807, 2.05) is 6.20 Å². The summed E-state index contributed by atoms with van der Waals surface area (Å²) in [5, 5.41) is 0. The predicted molar refractivity (Wildman–Crippen MR) is 38.8 cm³/mol. The zero-order valence-corrected chi connectivity index (χ0v) is 6.04. The van der Waals surface area contributed by atoms with Crippen molar-refractivity contribution in [2.75, 3.05) is 20.1 Å². The van der Waals surface area contributed by atoms with Gasteiger partial charge in [-0.1, -0.05) is 0 Å². The summed E-state index contributed by atoms with van der Waals surface area (Å²) < 4.78 is 0. The third kappa shape index (κ3) is 0.827. The average molecular weight is 137 g/mol. The van der Waals surface area contributed by atoms with Gasteiger partial charge in [-0.15, -0.1) is 0 Å². The monoisotopic (exact) mass is 137 g/mol. The van der Waals surface area contributed by atoms with E-state index in [-0.39, 0.29) is 0 Å². The second kappa shape index (κ2) is 2.09. The van der Waals surface area contributed by atoms with Crippen molar-refractivity contribution in [3.63, 3.8) is 0 Å². The summed E-state index contributed by atoms with van der Waals surface area (Å²) in [5.41, 5.74) is 1.28. The number of H-pyrrole nitrogens is 1. The summed E-state index contributed by atoms with van der Waals surface area (Å²) in [7, 11) is 2.13. The molecule has 0 radical (unpaired) electrons. The van der Waals surface area contributed by atoms with Crippen molar-refractivity contribution in [3.8, 4) is 0 Å². The molecule has 0 bridgehead atoms. The van der Waals surface area contributed by atoms with E-state index in [0.717, 1.165) is 0 Å². The van der Waals surface area contributed by atoms with Crippen molar-refractivity contribution in [2.45, 2.75) is 5.92 Å². The van der Waals surface area contributed by atoms with Crippen molar-refractivity contribution in [1.82, 2.24) is 14.9 Å². The van der Waals surface area contributed by atoms with Crippen molar-refractivity contribution in [2.24, 2.45) is 0 Å². The number of likely N-dealkylation sites (tertiary alicyclic amines) is 1. The molecule has 2 heterocycles. The van der Waals surface area contributed by atoms with Crippen molar-refractivity contribution < 1.29 is 0 Å². The standard InChI is InChI=1S/C7H11N3/c1-10-3-6(4-10)7-2-8-5-9-7/h2,5-6H,3-4H2,1H3,(H,8,9). The Morgan fingerprint density at radius 1 is 1.70 bits per heavy atom. The van der Waals surface area contributed by atoms with E-state index in [0.29, 0.717) is 5.92 Å². The quantitative estimate of drug-likeness (QED) is 0.609. The molecule has 3 nitrogen and oxygen atoms in total. The molecule has 1 aromatic rings. The smallest absolute Gasteiger partial charge is 0.0921 e. The molecule has 0 saturated carbocycles. The molecular formula is C7H11N3. The molecule has 54 valence electrons. The molecule has 0 atom stereocenters. The van der Waals surface area contributed by atoms with Gasteiger partial charge in [0.25, 0.3) is 0 Å². The van der Waals surface area contributed by atoms with Gasteiger partial charge in [0.1, 0.15) is 0 Å². The van der Waals surface area contributed by atoms with Gasteiger partial charge in [-0.25, -0.2) is 4.98 Å². The number of likely N-dealkylation sites (N-methyl/N-ethyl adjacent to an activating group) is 1. The third-order valence-corrected chi connectivity index (χ3v) is 2.02. The van der Waals surface area contributed by atoms with Crippen molar-refractivity contribution in [3.05, 3.63) is 18.2 Å². The van der Waals surface area contributed by atoms with Crippen LogP contribution in [0, 0.1) is 0 Å². The van der Waals surface area contributed by atoms with Crippen LogP contribution >= 0.6 is 0 Å². The minimum absolute atomic E-state index is 0.701. The Bertz CT molecular complexity index is 199. The second-order valence-electron chi connectivity index (χ2n) is 2.93. The van der Waals surface area contributed by atoms with Crippen LogP contribution in [0.1, 0.15) is 11.6 Å². The molecule has 10 heavy (non-hydrogen) atoms. The minimum Gasteiger partial charge on any atom is -0.348 e. The van der Waals surface area contributed by atoms with Gasteiger partial charge < -0.3 is 9.88 Å². The number of hydrogen-bond donors (Lipinski definition) is 1. The van der Waals surface area contributed by atoms with Gasteiger partial charge in [-0.2, -0.15) is 0 Å². The summed E-state index contributed by atoms with van der Waals surface area (Å²) in [6.07, 6.45) is 3.66. The molecule has 0 unspecified atom stereocenters. The molecule has 1 aliphatic heterocycles. The highest BCUT2D eigenvalue weighted by molar-refractivity contribution is 5.09. The Labute approximate surface area is 60.1 Å². The largest absolute Gasteiger partial charge is 0.348 e. The van der Waals surface area contributed by atoms with Crippen LogP contribution in [0.5, 0.6) is 0 Å². The first kappa shape index (κ1) is 5.92. The number of nitrogens with one attached hydrogen (secondary N) is 1. The first-order valence-corrected chi connectivity index (χ1v) is 3.53. The lowest BCUT2D eigenvalue weighted by atomic mass is 9.98. The van der Waals surface area contributed by atoms with Gasteiger partial charge in [0.05, 0.1) is 6.33 Å². The summed E-state index contributed by atoms with van der Waals surface area (Å²) in [6, 6.07) is 0. The Balaban J connectivity index is 2.04. The Morgan fingerprint density at radius 3 is 3.00 bits per heavy atom. The number of imidazole rings is 1. The van der Waals surface area contributed by atoms with Crippen molar-refractivity contribution >= 4 is 0 Å². The topological polar surface area (TPSA) is 31.9 Å². The molecule has 0 aliphatic carbocycles. The molecule has 0 amide bonds. The first-order valence-electron chi connectivity index (χ1n) is 3.53. The van der Waals surface area contributed by atoms with E-state index in [1.54, 1.807) is 6.33 Å². The third-order valence-electron chi connectivity index (χ3n) is 2.02. The van der Waals surface area contributed by atoms with E-state index in [1.165, 1.54) is 18.8 Å². The number of aromatic nitrogens is 2. The number of nitrogens with zero attached hydrogens (tertiary/aromatic N) is 2. The van der Waals surface area contributed by atoms with Gasteiger partial charge in [0, 0.05) is 30.9 Å². The second-order valence-corrected chi connectivity index (χ2v) is 2.93. The molecule has 0 aromatic carbocycles. The van der Waals surface area contributed by atoms with E-state index < -0.39 is 0 Å². The number of aromatic amines is 1. The lowest BCUT2D eigenvalue weighted by molar-refractivity contribution is 0.187. The lowest BCUT2D eigenvalue weighted by Crippen LogP contribution is -2.41. The fourth-order valence-electron chi connectivity index (χ4n) is 1.39. The first-order chi connectivity index (χ1) is 4.86. The zero-order chi connectivity index (χ0) is 6.97. The van der Waals surface area contributed by atoms with Crippen LogP contribution in [0.2, 0.25) is 0 Å². The molecule has 3 heteroatoms. The number of rotatable bonds is 1. The zero-order valence-electron chi connectivity index (χ0n) is 6.04. The van der Waals surface area contributed by atoms with Crippen LogP contribution in [0.3, 0.4) is 0 Å². The number of hydrogen-bond acceptors (Lipinski definition) is 2. The SMILES string of the molecule is CN1CC(c2cnc[nH]2)C1. The Kier molecular flexibility index (Phi) is 1.24. The van der Waals surface area contributed by atoms with Crippen LogP contribution < -0.4 is 0 Å². The van der Waals surface area contributed by atoms with Crippen LogP contribution in [0.15, 0.2) is 12.5 Å². The summed E-state index contributed by atoms with van der Waals surface area (Å²) in [6.45, 7) is 2.34. The highest BCUT2D eigenvalue weighted by Crippen LogP contribution is 2.22. The van der Waals surface area contributed by atoms with E-state index in [9.17, 15) is 0 Å². The predicted octanol–water partition coefficient (Wildman–Crippen LogP) is 0.439. The van der Waals surface area contributed by atoms with E-state index in [4.69, 9.17) is 0 Å². The summed E-state index contributed by atoms with van der Waals surface area (Å²) in [4.78, 5) is 9.40. The van der Waals surface area contributed by atoms with E-state index >= 15 is 0 Å². The summed E-state index contributed by atoms with van der Waals surface area (Å²) >= 11 is 0. The Morgan fingerprint density at radius 2 is 2.50 bits per heavy atom. The van der Waals surface area contributed by atoms with Crippen LogP contribution in [0.4, 0.5) is 0 Å². The van der Waals surface area contributed by atoms with Gasteiger partial charge in [-0.05, 0) is 7.05 Å². The maximum atomic E-state index is 3.98. The van der Waals surface area contributed by atoms with E-state index in [2.05, 4.69) is 21.9 Å². The normalized spacial score (nSPS) is 20.9. The highest BCUT2D eigenvalue weighted by atomic mass is 15.2. The van der Waals surface area contributed by atoms with Gasteiger partial charge in [-0.3, -0.25) is 0 Å². The van der Waals surface area contributed by atoms with Gasteiger partial charge in [0.15, 0.2) is 0 Å².